The Morgan fingerprint density at radius 2 is 1.05 bits per heavy atom. The summed E-state index contributed by atoms with van der Waals surface area (Å²) >= 11 is 0. The van der Waals surface area contributed by atoms with Crippen molar-refractivity contribution in [3.8, 4) is 0 Å². The zero-order chi connectivity index (χ0) is 15.9. The number of alkyl halides is 8. The van der Waals surface area contributed by atoms with Crippen molar-refractivity contribution >= 4 is 11.9 Å². The van der Waals surface area contributed by atoms with E-state index < -0.39 is 36.0 Å². The van der Waals surface area contributed by atoms with Gasteiger partial charge in [-0.15, -0.1) is 0 Å². The van der Waals surface area contributed by atoms with E-state index in [-0.39, 0.29) is 0 Å². The highest BCUT2D eigenvalue weighted by Crippen LogP contribution is 2.45. The molecule has 0 unspecified atom stereocenters. The minimum Gasteiger partial charge on any atom is -0.478 e. The van der Waals surface area contributed by atoms with Crippen molar-refractivity contribution < 1.29 is 59.7 Å². The molecule has 0 saturated heterocycles. The van der Waals surface area contributed by atoms with E-state index in [4.69, 9.17) is 10.2 Å². The van der Waals surface area contributed by atoms with Gasteiger partial charge in [-0.3, -0.25) is 0 Å². The second kappa shape index (κ2) is 4.47. The average Bonchev–Trinajstić information content (AvgIpc) is 2.11. The van der Waals surface area contributed by atoms with Crippen LogP contribution in [-0.4, -0.2) is 46.2 Å². The summed E-state index contributed by atoms with van der Waals surface area (Å²) in [6.45, 7) is 0. The molecule has 0 atom stereocenters. The molecule has 19 heavy (non-hydrogen) atoms. The van der Waals surface area contributed by atoms with E-state index in [9.17, 15) is 44.7 Å². The van der Waals surface area contributed by atoms with Crippen LogP contribution in [0.1, 0.15) is 0 Å². The first-order chi connectivity index (χ1) is 8.09. The Balaban J connectivity index is 5.62. The molecular weight excluding hydrogens is 304 g/mol. The smallest absolute Gasteiger partial charge is 0.478 e. The van der Waals surface area contributed by atoms with Gasteiger partial charge in [0.05, 0.1) is 0 Å². The Kier molecular flexibility index (Phi) is 4.08. The van der Waals surface area contributed by atoms with Gasteiger partial charge in [0.1, 0.15) is 0 Å². The highest BCUT2D eigenvalue weighted by atomic mass is 19.4. The van der Waals surface area contributed by atoms with Crippen molar-refractivity contribution in [2.75, 3.05) is 0 Å². The van der Waals surface area contributed by atoms with Crippen LogP contribution in [0.25, 0.3) is 0 Å². The molecule has 13 heteroatoms. The summed E-state index contributed by atoms with van der Waals surface area (Å²) in [6, 6.07) is 0. The predicted octanol–water partition coefficient (Wildman–Crippen LogP) is 1.63. The first kappa shape index (κ1) is 17.3. The first-order valence-corrected chi connectivity index (χ1v) is 3.78. The zero-order valence-corrected chi connectivity index (χ0v) is 8.14. The van der Waals surface area contributed by atoms with Crippen LogP contribution in [0.5, 0.6) is 0 Å². The van der Waals surface area contributed by atoms with Crippen LogP contribution in [0.15, 0.2) is 0 Å². The number of ether oxygens (including phenoxy) is 1. The third-order valence-corrected chi connectivity index (χ3v) is 1.58. The van der Waals surface area contributed by atoms with Gasteiger partial charge in [0.2, 0.25) is 0 Å². The van der Waals surface area contributed by atoms with Crippen molar-refractivity contribution in [3.63, 3.8) is 0 Å². The van der Waals surface area contributed by atoms with Crippen LogP contribution in [0, 0.1) is 0 Å². The van der Waals surface area contributed by atoms with Gasteiger partial charge in [0.25, 0.3) is 0 Å². The second-order valence-electron chi connectivity index (χ2n) is 2.90. The number of hydrogen-bond donors (Lipinski definition) is 2. The van der Waals surface area contributed by atoms with Crippen LogP contribution in [0.2, 0.25) is 0 Å². The fourth-order valence-electron chi connectivity index (χ4n) is 0.630. The normalized spacial score (nSPS) is 14.3. The number of carbonyl (C=O) groups is 2. The van der Waals surface area contributed by atoms with E-state index in [0.717, 1.165) is 0 Å². The van der Waals surface area contributed by atoms with Crippen LogP contribution >= 0.6 is 0 Å². The number of aliphatic carboxylic acids is 2. The lowest BCUT2D eigenvalue weighted by molar-refractivity contribution is -0.468. The van der Waals surface area contributed by atoms with Gasteiger partial charge in [0, 0.05) is 0 Å². The van der Waals surface area contributed by atoms with Crippen molar-refractivity contribution in [2.24, 2.45) is 0 Å². The van der Waals surface area contributed by atoms with Gasteiger partial charge >= 0.3 is 36.0 Å². The summed E-state index contributed by atoms with van der Waals surface area (Å²) in [7, 11) is 0. The van der Waals surface area contributed by atoms with Crippen molar-refractivity contribution in [1.29, 1.82) is 0 Å². The second-order valence-corrected chi connectivity index (χ2v) is 2.90. The number of hydrogen-bond acceptors (Lipinski definition) is 3. The number of carboxylic acid groups (broad SMARTS) is 2. The van der Waals surface area contributed by atoms with Gasteiger partial charge in [-0.2, -0.15) is 30.7 Å². The van der Waals surface area contributed by atoms with Gasteiger partial charge < -0.3 is 10.2 Å². The molecule has 0 spiro atoms. The Morgan fingerprint density at radius 3 is 1.26 bits per heavy atom. The van der Waals surface area contributed by atoms with Crippen LogP contribution < -0.4 is 0 Å². The molecule has 0 aliphatic carbocycles. The molecule has 0 amide bonds. The highest BCUT2D eigenvalue weighted by molar-refractivity contribution is 6.02. The minimum absolute atomic E-state index is 1.75. The fourth-order valence-corrected chi connectivity index (χ4v) is 0.630. The van der Waals surface area contributed by atoms with Crippen molar-refractivity contribution in [1.82, 2.24) is 0 Å². The summed E-state index contributed by atoms with van der Waals surface area (Å²) in [5.41, 5.74) is -5.83. The molecule has 0 aliphatic heterocycles. The highest BCUT2D eigenvalue weighted by Gasteiger charge is 2.75. The van der Waals surface area contributed by atoms with Crippen LogP contribution in [-0.2, 0) is 14.3 Å². The Bertz CT molecular complexity index is 374. The molecule has 0 aromatic carbocycles. The molecular formula is C6H2F8O5. The number of rotatable bonds is 5. The van der Waals surface area contributed by atoms with E-state index in [1.165, 1.54) is 0 Å². The lowest BCUT2D eigenvalue weighted by atomic mass is 10.1. The van der Waals surface area contributed by atoms with Crippen LogP contribution in [0.4, 0.5) is 35.1 Å². The summed E-state index contributed by atoms with van der Waals surface area (Å²) in [5.74, 6) is -7.05. The number of carboxylic acids is 2. The van der Waals surface area contributed by atoms with E-state index in [2.05, 4.69) is 0 Å². The average molecular weight is 306 g/mol. The quantitative estimate of drug-likeness (QED) is 0.596. The van der Waals surface area contributed by atoms with Gasteiger partial charge in [0.15, 0.2) is 0 Å². The summed E-state index contributed by atoms with van der Waals surface area (Å²) in [4.78, 5) is 20.0. The topological polar surface area (TPSA) is 83.8 Å². The Labute approximate surface area is 96.9 Å². The van der Waals surface area contributed by atoms with Crippen molar-refractivity contribution in [2.45, 2.75) is 24.1 Å². The molecule has 0 rings (SSSR count). The van der Waals surface area contributed by atoms with E-state index in [1.807, 2.05) is 0 Å². The summed E-state index contributed by atoms with van der Waals surface area (Å²) in [5, 5.41) is 15.8. The fraction of sp³-hybridized carbons (Fsp3) is 0.667. The Hall–Kier alpha value is -1.66. The summed E-state index contributed by atoms with van der Waals surface area (Å²) in [6.07, 6.45) is -19.9. The molecule has 0 saturated carbocycles. The molecule has 0 heterocycles. The van der Waals surface area contributed by atoms with Crippen molar-refractivity contribution in [3.05, 3.63) is 0 Å². The maximum absolute atomic E-state index is 13.0. The van der Waals surface area contributed by atoms with Crippen LogP contribution in [0.3, 0.4) is 0 Å². The maximum Gasteiger partial charge on any atom is 0.483 e. The lowest BCUT2D eigenvalue weighted by Gasteiger charge is -2.29. The molecule has 0 aromatic rings. The molecule has 0 fully saturated rings. The largest absolute Gasteiger partial charge is 0.483 e. The summed E-state index contributed by atoms with van der Waals surface area (Å²) < 4.78 is 98.8. The predicted molar refractivity (Wildman–Crippen MR) is 36.1 cm³/mol. The zero-order valence-electron chi connectivity index (χ0n) is 8.14. The molecule has 5 nitrogen and oxygen atoms in total. The van der Waals surface area contributed by atoms with Gasteiger partial charge in [-0.1, -0.05) is 0 Å². The maximum atomic E-state index is 13.0. The Morgan fingerprint density at radius 1 is 0.737 bits per heavy atom. The monoisotopic (exact) mass is 306 g/mol. The SMILES string of the molecule is O=C(O)C(F)(C(=O)O)C(F)(F)OC(F)(F)C(F)(F)F. The third-order valence-electron chi connectivity index (χ3n) is 1.58. The molecule has 112 valence electrons. The van der Waals surface area contributed by atoms with E-state index >= 15 is 0 Å². The molecule has 0 radical (unpaired) electrons. The lowest BCUT2D eigenvalue weighted by Crippen LogP contribution is -2.61. The molecule has 2 N–H and O–H groups in total. The minimum atomic E-state index is -6.74. The van der Waals surface area contributed by atoms with Gasteiger partial charge in [-0.05, 0) is 0 Å². The first-order valence-electron chi connectivity index (χ1n) is 3.78. The standard InChI is InChI=1S/C6H2F8O5/c7-3(1(15)16,2(17)18)5(11,12)19-6(13,14)4(8,9)10/h(H,15,16)(H,17,18). The molecule has 0 aromatic heterocycles. The molecule has 0 bridgehead atoms. The van der Waals surface area contributed by atoms with E-state index in [0.29, 0.717) is 0 Å². The molecule has 0 aliphatic rings. The number of halogens is 8. The van der Waals surface area contributed by atoms with Gasteiger partial charge in [-0.25, -0.2) is 18.7 Å². The van der Waals surface area contributed by atoms with E-state index in [1.54, 1.807) is 4.74 Å². The third kappa shape index (κ3) is 2.85.